The Morgan fingerprint density at radius 2 is 2.00 bits per heavy atom. The summed E-state index contributed by atoms with van der Waals surface area (Å²) < 4.78 is 0. The highest BCUT2D eigenvalue weighted by Crippen LogP contribution is 2.25. The summed E-state index contributed by atoms with van der Waals surface area (Å²) in [5.74, 6) is 0.466. The molecule has 0 fully saturated rings. The highest BCUT2D eigenvalue weighted by molar-refractivity contribution is 5.59. The Morgan fingerprint density at radius 3 is 2.48 bits per heavy atom. The number of nitro groups is 1. The van der Waals surface area contributed by atoms with E-state index in [-0.39, 0.29) is 11.3 Å². The second-order valence-electron chi connectivity index (χ2n) is 5.71. The van der Waals surface area contributed by atoms with Crippen molar-refractivity contribution in [1.82, 2.24) is 4.90 Å². The van der Waals surface area contributed by atoms with Crippen molar-refractivity contribution >= 4 is 11.4 Å². The molecule has 0 heterocycles. The number of anilines is 1. The minimum absolute atomic E-state index is 0.108. The van der Waals surface area contributed by atoms with E-state index in [1.165, 1.54) is 6.07 Å². The number of nitrogens with zero attached hydrogens (tertiary/aromatic N) is 4. The second kappa shape index (κ2) is 7.60. The topological polar surface area (TPSA) is 73.4 Å². The van der Waals surface area contributed by atoms with Crippen LogP contribution in [-0.2, 0) is 0 Å². The van der Waals surface area contributed by atoms with Crippen molar-refractivity contribution in [1.29, 1.82) is 5.26 Å². The van der Waals surface area contributed by atoms with E-state index >= 15 is 0 Å². The van der Waals surface area contributed by atoms with Crippen molar-refractivity contribution in [3.05, 3.63) is 33.9 Å². The van der Waals surface area contributed by atoms with Gasteiger partial charge in [-0.2, -0.15) is 5.26 Å². The molecule has 114 valence electrons. The Morgan fingerprint density at radius 1 is 1.33 bits per heavy atom. The summed E-state index contributed by atoms with van der Waals surface area (Å²) in [4.78, 5) is 14.6. The maximum Gasteiger partial charge on any atom is 0.287 e. The smallest absolute Gasteiger partial charge is 0.287 e. The van der Waals surface area contributed by atoms with Gasteiger partial charge in [0.05, 0.1) is 4.92 Å². The molecule has 6 heteroatoms. The normalized spacial score (nSPS) is 10.7. The molecule has 0 aliphatic rings. The first-order chi connectivity index (χ1) is 9.85. The van der Waals surface area contributed by atoms with Crippen molar-refractivity contribution in [2.45, 2.75) is 13.8 Å². The molecule has 0 aliphatic carbocycles. The Bertz CT molecular complexity index is 535. The van der Waals surface area contributed by atoms with E-state index < -0.39 is 4.92 Å². The first-order valence-corrected chi connectivity index (χ1v) is 6.93. The lowest BCUT2D eigenvalue weighted by Gasteiger charge is -2.28. The first-order valence-electron chi connectivity index (χ1n) is 6.93. The van der Waals surface area contributed by atoms with E-state index in [0.29, 0.717) is 5.92 Å². The van der Waals surface area contributed by atoms with Gasteiger partial charge >= 0.3 is 0 Å². The van der Waals surface area contributed by atoms with E-state index in [4.69, 9.17) is 5.26 Å². The zero-order valence-corrected chi connectivity index (χ0v) is 13.0. The fourth-order valence-electron chi connectivity index (χ4n) is 2.06. The van der Waals surface area contributed by atoms with Crippen LogP contribution in [0.1, 0.15) is 19.4 Å². The highest BCUT2D eigenvalue weighted by atomic mass is 16.6. The van der Waals surface area contributed by atoms with Gasteiger partial charge in [-0.1, -0.05) is 13.8 Å². The zero-order chi connectivity index (χ0) is 16.0. The average Bonchev–Trinajstić information content (AvgIpc) is 2.42. The third-order valence-corrected chi connectivity index (χ3v) is 3.07. The second-order valence-corrected chi connectivity index (χ2v) is 5.71. The van der Waals surface area contributed by atoms with Crippen LogP contribution in [-0.4, -0.2) is 43.6 Å². The summed E-state index contributed by atoms with van der Waals surface area (Å²) in [6, 6.07) is 6.65. The van der Waals surface area contributed by atoms with Crippen molar-refractivity contribution in [3.63, 3.8) is 0 Å². The molecule has 0 aliphatic heterocycles. The predicted octanol–water partition coefficient (Wildman–Crippen LogP) is 2.49. The molecule has 6 nitrogen and oxygen atoms in total. The van der Waals surface area contributed by atoms with E-state index in [9.17, 15) is 10.1 Å². The number of hydrogen-bond donors (Lipinski definition) is 0. The van der Waals surface area contributed by atoms with Gasteiger partial charge in [-0.25, -0.2) is 0 Å². The van der Waals surface area contributed by atoms with E-state index in [0.717, 1.165) is 25.3 Å². The molecule has 0 aromatic heterocycles. The molecule has 0 spiro atoms. The van der Waals surface area contributed by atoms with Crippen LogP contribution in [0.2, 0.25) is 0 Å². The van der Waals surface area contributed by atoms with Gasteiger partial charge in [0.1, 0.15) is 11.6 Å². The van der Waals surface area contributed by atoms with Gasteiger partial charge in [-0.15, -0.1) is 0 Å². The summed E-state index contributed by atoms with van der Waals surface area (Å²) in [6.45, 7) is 6.79. The Kier molecular flexibility index (Phi) is 6.12. The predicted molar refractivity (Wildman–Crippen MR) is 83.4 cm³/mol. The summed E-state index contributed by atoms with van der Waals surface area (Å²) in [6.07, 6.45) is 0. The zero-order valence-electron chi connectivity index (χ0n) is 13.0. The lowest BCUT2D eigenvalue weighted by molar-refractivity contribution is -0.385. The van der Waals surface area contributed by atoms with E-state index in [1.807, 2.05) is 20.2 Å². The van der Waals surface area contributed by atoms with Gasteiger partial charge in [0.2, 0.25) is 0 Å². The molecule has 0 N–H and O–H groups in total. The van der Waals surface area contributed by atoms with Crippen LogP contribution < -0.4 is 4.90 Å². The molecule has 1 aromatic carbocycles. The minimum Gasteiger partial charge on any atom is -0.370 e. The number of nitro benzene ring substituents is 1. The summed E-state index contributed by atoms with van der Waals surface area (Å²) in [7, 11) is 4.01. The summed E-state index contributed by atoms with van der Waals surface area (Å²) in [5, 5.41) is 20.0. The molecule has 0 atom stereocenters. The molecule has 0 saturated heterocycles. The number of benzene rings is 1. The number of rotatable bonds is 7. The maximum atomic E-state index is 10.9. The maximum absolute atomic E-state index is 10.9. The van der Waals surface area contributed by atoms with Crippen LogP contribution in [0.3, 0.4) is 0 Å². The molecule has 0 unspecified atom stereocenters. The van der Waals surface area contributed by atoms with Crippen LogP contribution in [0.25, 0.3) is 0 Å². The van der Waals surface area contributed by atoms with Crippen molar-refractivity contribution < 1.29 is 4.92 Å². The molecule has 21 heavy (non-hydrogen) atoms. The van der Waals surface area contributed by atoms with E-state index in [1.54, 1.807) is 12.1 Å². The first kappa shape index (κ1) is 16.9. The van der Waals surface area contributed by atoms with Gasteiger partial charge in [0.25, 0.3) is 5.69 Å². The standard InChI is InChI=1S/C15H22N4O2/c1-12(2)11-18(8-7-17(3)4)14-5-6-15(19(20)21)13(9-14)10-16/h5-6,9,12H,7-8,11H2,1-4H3. The summed E-state index contributed by atoms with van der Waals surface area (Å²) >= 11 is 0. The van der Waals surface area contributed by atoms with Crippen LogP contribution in [0.15, 0.2) is 18.2 Å². The molecule has 0 saturated carbocycles. The van der Waals surface area contributed by atoms with Gasteiger partial charge in [0.15, 0.2) is 0 Å². The molecule has 1 rings (SSSR count). The number of likely N-dealkylation sites (N-methyl/N-ethyl adjacent to an activating group) is 1. The van der Waals surface area contributed by atoms with Crippen molar-refractivity contribution in [3.8, 4) is 6.07 Å². The number of nitriles is 1. The largest absolute Gasteiger partial charge is 0.370 e. The highest BCUT2D eigenvalue weighted by Gasteiger charge is 2.17. The van der Waals surface area contributed by atoms with Gasteiger partial charge in [-0.05, 0) is 32.1 Å². The van der Waals surface area contributed by atoms with Crippen molar-refractivity contribution in [2.75, 3.05) is 38.6 Å². The molecular weight excluding hydrogens is 268 g/mol. The number of hydrogen-bond acceptors (Lipinski definition) is 5. The fourth-order valence-corrected chi connectivity index (χ4v) is 2.06. The lowest BCUT2D eigenvalue weighted by Crippen LogP contribution is -2.34. The van der Waals surface area contributed by atoms with Crippen LogP contribution in [0.4, 0.5) is 11.4 Å². The molecule has 0 radical (unpaired) electrons. The molecular formula is C15H22N4O2. The average molecular weight is 290 g/mol. The van der Waals surface area contributed by atoms with Crippen LogP contribution in [0, 0.1) is 27.4 Å². The van der Waals surface area contributed by atoms with Crippen LogP contribution in [0.5, 0.6) is 0 Å². The third kappa shape index (κ3) is 5.04. The SMILES string of the molecule is CC(C)CN(CCN(C)C)c1ccc([N+](=O)[O-])c(C#N)c1. The summed E-state index contributed by atoms with van der Waals surface area (Å²) in [5.41, 5.74) is 0.821. The van der Waals surface area contributed by atoms with E-state index in [2.05, 4.69) is 23.6 Å². The van der Waals surface area contributed by atoms with Gasteiger partial charge in [-0.3, -0.25) is 10.1 Å². The fraction of sp³-hybridized carbons (Fsp3) is 0.533. The Labute approximate surface area is 125 Å². The van der Waals surface area contributed by atoms with Crippen molar-refractivity contribution in [2.24, 2.45) is 5.92 Å². The molecule has 0 bridgehead atoms. The Hall–Kier alpha value is -2.13. The molecule has 0 amide bonds. The lowest BCUT2D eigenvalue weighted by atomic mass is 10.1. The monoisotopic (exact) mass is 290 g/mol. The molecule has 1 aromatic rings. The minimum atomic E-state index is -0.519. The third-order valence-electron chi connectivity index (χ3n) is 3.07. The van der Waals surface area contributed by atoms with Crippen LogP contribution >= 0.6 is 0 Å². The quantitative estimate of drug-likeness (QED) is 0.570. The van der Waals surface area contributed by atoms with Gasteiger partial charge in [0, 0.05) is 31.4 Å². The Balaban J connectivity index is 3.07. The van der Waals surface area contributed by atoms with Gasteiger partial charge < -0.3 is 9.80 Å².